The number of carbonyl (C=O) groups is 2. The number of hydrogen-bond donors (Lipinski definition) is 0. The number of fused-ring (bicyclic) bond motifs is 1. The summed E-state index contributed by atoms with van der Waals surface area (Å²) in [5.74, 6) is -0.449. The van der Waals surface area contributed by atoms with E-state index in [0.717, 1.165) is 16.8 Å². The first kappa shape index (κ1) is 13.6. The fourth-order valence-corrected chi connectivity index (χ4v) is 2.89. The molecule has 106 valence electrons. The summed E-state index contributed by atoms with van der Waals surface area (Å²) in [6.07, 6.45) is 0.961. The third-order valence-corrected chi connectivity index (χ3v) is 3.93. The molecule has 0 saturated carbocycles. The smallest absolute Gasteiger partial charge is 0.241 e. The van der Waals surface area contributed by atoms with Crippen LogP contribution in [-0.2, 0) is 16.0 Å². The minimum Gasteiger partial charge on any atom is -0.274 e. The Labute approximate surface area is 124 Å². The molecule has 1 atom stereocenters. The van der Waals surface area contributed by atoms with Crippen LogP contribution in [0, 0.1) is 0 Å². The highest BCUT2D eigenvalue weighted by Crippen LogP contribution is 2.39. The number of amides is 2. The van der Waals surface area contributed by atoms with Gasteiger partial charge in [0.05, 0.1) is 18.0 Å². The van der Waals surface area contributed by atoms with Crippen LogP contribution in [0.15, 0.2) is 54.6 Å². The Morgan fingerprint density at radius 2 is 1.71 bits per heavy atom. The molecule has 0 aromatic heterocycles. The van der Waals surface area contributed by atoms with Gasteiger partial charge < -0.3 is 0 Å². The Hall–Kier alpha value is -2.42. The summed E-state index contributed by atoms with van der Waals surface area (Å²) < 4.78 is 0. The van der Waals surface area contributed by atoms with E-state index in [9.17, 15) is 9.59 Å². The Bertz CT molecular complexity index is 679. The standard InChI is InChI=1S/C18H17NO2/c1-2-14-15-10-6-7-11-16(15)19(18(14)21)17(20)12-13-8-4-3-5-9-13/h3-11,14H,2,12H2,1H3. The summed E-state index contributed by atoms with van der Waals surface area (Å²) in [6, 6.07) is 17.1. The van der Waals surface area contributed by atoms with Crippen LogP contribution in [-0.4, -0.2) is 11.8 Å². The zero-order valence-electron chi connectivity index (χ0n) is 12.0. The second-order valence-electron chi connectivity index (χ2n) is 5.25. The Balaban J connectivity index is 1.92. The van der Waals surface area contributed by atoms with Gasteiger partial charge in [-0.2, -0.15) is 0 Å². The third-order valence-electron chi connectivity index (χ3n) is 3.93. The van der Waals surface area contributed by atoms with E-state index in [4.69, 9.17) is 0 Å². The van der Waals surface area contributed by atoms with E-state index in [2.05, 4.69) is 0 Å². The van der Waals surface area contributed by atoms with Crippen molar-refractivity contribution < 1.29 is 9.59 Å². The molecule has 0 spiro atoms. The lowest BCUT2D eigenvalue weighted by atomic mass is 9.98. The van der Waals surface area contributed by atoms with Crippen molar-refractivity contribution in [1.29, 1.82) is 0 Å². The lowest BCUT2D eigenvalue weighted by molar-refractivity contribution is -0.126. The molecular weight excluding hydrogens is 262 g/mol. The highest BCUT2D eigenvalue weighted by atomic mass is 16.2. The quantitative estimate of drug-likeness (QED) is 0.864. The molecule has 0 aliphatic carbocycles. The van der Waals surface area contributed by atoms with Gasteiger partial charge in [-0.1, -0.05) is 55.5 Å². The van der Waals surface area contributed by atoms with E-state index < -0.39 is 0 Å². The third kappa shape index (κ3) is 2.35. The van der Waals surface area contributed by atoms with Crippen LogP contribution < -0.4 is 4.90 Å². The van der Waals surface area contributed by atoms with Crippen molar-refractivity contribution in [2.75, 3.05) is 4.90 Å². The monoisotopic (exact) mass is 279 g/mol. The Morgan fingerprint density at radius 3 is 2.43 bits per heavy atom. The van der Waals surface area contributed by atoms with E-state index in [0.29, 0.717) is 6.42 Å². The molecule has 0 fully saturated rings. The summed E-state index contributed by atoms with van der Waals surface area (Å²) in [4.78, 5) is 26.4. The lowest BCUT2D eigenvalue weighted by Gasteiger charge is -2.16. The van der Waals surface area contributed by atoms with Crippen LogP contribution in [0.4, 0.5) is 5.69 Å². The fraction of sp³-hybridized carbons (Fsp3) is 0.222. The molecule has 0 radical (unpaired) electrons. The van der Waals surface area contributed by atoms with Crippen molar-refractivity contribution in [3.05, 3.63) is 65.7 Å². The number of imide groups is 1. The summed E-state index contributed by atoms with van der Waals surface area (Å²) in [7, 11) is 0. The van der Waals surface area contributed by atoms with Gasteiger partial charge in [0, 0.05) is 0 Å². The van der Waals surface area contributed by atoms with Crippen molar-refractivity contribution in [2.24, 2.45) is 0 Å². The molecule has 0 N–H and O–H groups in total. The van der Waals surface area contributed by atoms with Crippen LogP contribution in [0.25, 0.3) is 0 Å². The second kappa shape index (κ2) is 5.52. The van der Waals surface area contributed by atoms with Crippen LogP contribution in [0.1, 0.15) is 30.4 Å². The number of rotatable bonds is 3. The van der Waals surface area contributed by atoms with Gasteiger partial charge in [-0.25, -0.2) is 4.90 Å². The molecule has 1 heterocycles. The molecule has 3 heteroatoms. The molecule has 2 aromatic carbocycles. The van der Waals surface area contributed by atoms with Gasteiger partial charge in [0.15, 0.2) is 0 Å². The number of anilines is 1. The van der Waals surface area contributed by atoms with E-state index in [1.807, 2.05) is 61.5 Å². The molecule has 3 nitrogen and oxygen atoms in total. The number of para-hydroxylation sites is 1. The van der Waals surface area contributed by atoms with Gasteiger partial charge in [0.1, 0.15) is 0 Å². The van der Waals surface area contributed by atoms with E-state index >= 15 is 0 Å². The van der Waals surface area contributed by atoms with Crippen molar-refractivity contribution in [3.8, 4) is 0 Å². The van der Waals surface area contributed by atoms with Crippen molar-refractivity contribution in [3.63, 3.8) is 0 Å². The summed E-state index contributed by atoms with van der Waals surface area (Å²) in [5, 5.41) is 0. The van der Waals surface area contributed by atoms with Gasteiger partial charge >= 0.3 is 0 Å². The van der Waals surface area contributed by atoms with Crippen LogP contribution in [0.3, 0.4) is 0 Å². The average molecular weight is 279 g/mol. The maximum Gasteiger partial charge on any atom is 0.241 e. The molecule has 1 aliphatic rings. The van der Waals surface area contributed by atoms with Crippen LogP contribution in [0.5, 0.6) is 0 Å². The highest BCUT2D eigenvalue weighted by Gasteiger charge is 2.39. The van der Waals surface area contributed by atoms with Crippen molar-refractivity contribution in [1.82, 2.24) is 0 Å². The molecule has 2 aromatic rings. The normalized spacial score (nSPS) is 16.9. The maximum absolute atomic E-state index is 12.6. The average Bonchev–Trinajstić information content (AvgIpc) is 2.79. The SMILES string of the molecule is CCC1C(=O)N(C(=O)Cc2ccccc2)c2ccccc21. The van der Waals surface area contributed by atoms with E-state index in [1.165, 1.54) is 4.90 Å². The number of benzene rings is 2. The molecule has 2 amide bonds. The minimum atomic E-state index is -0.194. The lowest BCUT2D eigenvalue weighted by Crippen LogP contribution is -2.36. The largest absolute Gasteiger partial charge is 0.274 e. The van der Waals surface area contributed by atoms with Crippen molar-refractivity contribution in [2.45, 2.75) is 25.7 Å². The van der Waals surface area contributed by atoms with Gasteiger partial charge in [0.2, 0.25) is 11.8 Å². The molecule has 0 bridgehead atoms. The first-order chi connectivity index (χ1) is 10.2. The molecule has 3 rings (SSSR count). The number of hydrogen-bond acceptors (Lipinski definition) is 2. The van der Waals surface area contributed by atoms with E-state index in [1.54, 1.807) is 0 Å². The molecule has 0 saturated heterocycles. The molecule has 1 unspecified atom stereocenters. The molecule has 1 aliphatic heterocycles. The van der Waals surface area contributed by atoms with Crippen molar-refractivity contribution >= 4 is 17.5 Å². The second-order valence-corrected chi connectivity index (χ2v) is 5.25. The van der Waals surface area contributed by atoms with Gasteiger partial charge in [0.25, 0.3) is 0 Å². The van der Waals surface area contributed by atoms with Gasteiger partial charge in [-0.05, 0) is 23.6 Å². The maximum atomic E-state index is 12.6. The predicted molar refractivity (Wildman–Crippen MR) is 82.1 cm³/mol. The fourth-order valence-electron chi connectivity index (χ4n) is 2.89. The van der Waals surface area contributed by atoms with Crippen LogP contribution >= 0.6 is 0 Å². The number of carbonyl (C=O) groups excluding carboxylic acids is 2. The van der Waals surface area contributed by atoms with Crippen LogP contribution in [0.2, 0.25) is 0 Å². The van der Waals surface area contributed by atoms with Gasteiger partial charge in [-0.15, -0.1) is 0 Å². The Morgan fingerprint density at radius 1 is 1.05 bits per heavy atom. The first-order valence-corrected chi connectivity index (χ1v) is 7.22. The first-order valence-electron chi connectivity index (χ1n) is 7.22. The number of nitrogens with zero attached hydrogens (tertiary/aromatic N) is 1. The topological polar surface area (TPSA) is 37.4 Å². The Kier molecular flexibility index (Phi) is 3.57. The van der Waals surface area contributed by atoms with Gasteiger partial charge in [-0.3, -0.25) is 9.59 Å². The summed E-state index contributed by atoms with van der Waals surface area (Å²) >= 11 is 0. The summed E-state index contributed by atoms with van der Waals surface area (Å²) in [5.41, 5.74) is 2.63. The summed E-state index contributed by atoms with van der Waals surface area (Å²) in [6.45, 7) is 1.98. The zero-order valence-corrected chi connectivity index (χ0v) is 12.0. The minimum absolute atomic E-state index is 0.0976. The zero-order chi connectivity index (χ0) is 14.8. The molecular formula is C18H17NO2. The van der Waals surface area contributed by atoms with E-state index in [-0.39, 0.29) is 24.2 Å². The predicted octanol–water partition coefficient (Wildman–Crippen LogP) is 3.30. The highest BCUT2D eigenvalue weighted by molar-refractivity contribution is 6.21. The molecule has 21 heavy (non-hydrogen) atoms.